The van der Waals surface area contributed by atoms with Crippen molar-refractivity contribution in [3.63, 3.8) is 0 Å². The van der Waals surface area contributed by atoms with E-state index >= 15 is 0 Å². The van der Waals surface area contributed by atoms with Crippen LogP contribution in [0, 0.1) is 0 Å². The van der Waals surface area contributed by atoms with Crippen molar-refractivity contribution in [1.82, 2.24) is 0 Å². The Morgan fingerprint density at radius 3 is 2.16 bits per heavy atom. The minimum Gasteiger partial charge on any atom is -0.460 e. The molecule has 1 aliphatic heterocycles. The summed E-state index contributed by atoms with van der Waals surface area (Å²) in [5.74, 6) is -0.672. The Morgan fingerprint density at radius 1 is 1.42 bits per heavy atom. The van der Waals surface area contributed by atoms with Gasteiger partial charge in [-0.25, -0.2) is 0 Å². The third kappa shape index (κ3) is 9.87. The molecule has 5 nitrogen and oxygen atoms in total. The van der Waals surface area contributed by atoms with Crippen LogP contribution in [0.15, 0.2) is 0 Å². The first-order chi connectivity index (χ1) is 8.43. The summed E-state index contributed by atoms with van der Waals surface area (Å²) >= 11 is 0. The van der Waals surface area contributed by atoms with E-state index in [0.717, 1.165) is 13.0 Å². The SMILES string of the molecule is CC(=O)OC(C)(C)C.CC(N)[C@H]1CCOC(C)(C)O1. The van der Waals surface area contributed by atoms with Gasteiger partial charge >= 0.3 is 5.97 Å². The molecule has 1 heterocycles. The molecule has 1 aliphatic rings. The maximum atomic E-state index is 10.2. The molecule has 0 aromatic heterocycles. The van der Waals surface area contributed by atoms with Crippen molar-refractivity contribution in [3.05, 3.63) is 0 Å². The third-order valence-corrected chi connectivity index (χ3v) is 2.32. The van der Waals surface area contributed by atoms with E-state index in [0.29, 0.717) is 0 Å². The Kier molecular flexibility index (Phi) is 6.97. The molecule has 1 unspecified atom stereocenters. The lowest BCUT2D eigenvalue weighted by Crippen LogP contribution is -2.46. The van der Waals surface area contributed by atoms with E-state index in [9.17, 15) is 4.79 Å². The fourth-order valence-electron chi connectivity index (χ4n) is 1.68. The van der Waals surface area contributed by atoms with Crippen LogP contribution in [0.1, 0.15) is 54.9 Å². The van der Waals surface area contributed by atoms with E-state index in [4.69, 9.17) is 19.9 Å². The average Bonchev–Trinajstić information content (AvgIpc) is 2.12. The Labute approximate surface area is 116 Å². The normalized spacial score (nSPS) is 23.9. The van der Waals surface area contributed by atoms with E-state index < -0.39 is 5.79 Å². The minimum absolute atomic E-state index is 0.0955. The van der Waals surface area contributed by atoms with Crippen molar-refractivity contribution in [3.8, 4) is 0 Å². The quantitative estimate of drug-likeness (QED) is 0.743. The van der Waals surface area contributed by atoms with Gasteiger partial charge in [0.1, 0.15) is 5.60 Å². The van der Waals surface area contributed by atoms with Crippen LogP contribution >= 0.6 is 0 Å². The summed E-state index contributed by atoms with van der Waals surface area (Å²) in [6, 6.07) is 0.0955. The van der Waals surface area contributed by atoms with Crippen LogP contribution in [0.5, 0.6) is 0 Å². The summed E-state index contributed by atoms with van der Waals surface area (Å²) in [4.78, 5) is 10.2. The van der Waals surface area contributed by atoms with Gasteiger partial charge in [-0.15, -0.1) is 0 Å². The number of esters is 1. The zero-order valence-corrected chi connectivity index (χ0v) is 13.3. The molecule has 2 atom stereocenters. The topological polar surface area (TPSA) is 70.8 Å². The van der Waals surface area contributed by atoms with Crippen LogP contribution in [-0.4, -0.2) is 36.1 Å². The second-order valence-corrected chi connectivity index (χ2v) is 6.26. The summed E-state index contributed by atoms with van der Waals surface area (Å²) < 4.78 is 15.8. The molecule has 5 heteroatoms. The molecule has 2 N–H and O–H groups in total. The van der Waals surface area contributed by atoms with Gasteiger partial charge in [-0.3, -0.25) is 4.79 Å². The van der Waals surface area contributed by atoms with Crippen molar-refractivity contribution in [2.24, 2.45) is 5.73 Å². The summed E-state index contributed by atoms with van der Waals surface area (Å²) in [5.41, 5.74) is 5.38. The molecule has 0 spiro atoms. The van der Waals surface area contributed by atoms with Gasteiger partial charge in [-0.2, -0.15) is 0 Å². The summed E-state index contributed by atoms with van der Waals surface area (Å²) in [6.07, 6.45) is 1.06. The molecular formula is C14H29NO4. The van der Waals surface area contributed by atoms with Crippen LogP contribution in [0.2, 0.25) is 0 Å². The highest BCUT2D eigenvalue weighted by molar-refractivity contribution is 5.66. The number of carbonyl (C=O) groups is 1. The van der Waals surface area contributed by atoms with Gasteiger partial charge in [0.25, 0.3) is 0 Å². The molecule has 0 aromatic rings. The van der Waals surface area contributed by atoms with E-state index in [-0.39, 0.29) is 23.7 Å². The molecule has 0 amide bonds. The van der Waals surface area contributed by atoms with Crippen molar-refractivity contribution >= 4 is 5.97 Å². The van der Waals surface area contributed by atoms with Crippen molar-refractivity contribution in [1.29, 1.82) is 0 Å². The van der Waals surface area contributed by atoms with Crippen molar-refractivity contribution in [2.75, 3.05) is 6.61 Å². The van der Waals surface area contributed by atoms with Crippen LogP contribution in [0.4, 0.5) is 0 Å². The van der Waals surface area contributed by atoms with Gasteiger partial charge in [-0.05, 0) is 48.0 Å². The second kappa shape index (κ2) is 7.22. The summed E-state index contributed by atoms with van der Waals surface area (Å²) in [5, 5.41) is 0. The predicted octanol–water partition coefficient (Wildman–Crippen LogP) is 2.22. The first-order valence-electron chi connectivity index (χ1n) is 6.70. The van der Waals surface area contributed by atoms with E-state index in [1.165, 1.54) is 6.92 Å². The Bertz CT molecular complexity index is 282. The Hall–Kier alpha value is -0.650. The minimum atomic E-state index is -0.448. The monoisotopic (exact) mass is 275 g/mol. The molecule has 1 rings (SSSR count). The van der Waals surface area contributed by atoms with Crippen LogP contribution in [-0.2, 0) is 19.0 Å². The lowest BCUT2D eigenvalue weighted by molar-refractivity contribution is -0.275. The van der Waals surface area contributed by atoms with Gasteiger partial charge in [-0.1, -0.05) is 0 Å². The molecule has 0 aromatic carbocycles. The fourth-order valence-corrected chi connectivity index (χ4v) is 1.68. The molecule has 1 saturated heterocycles. The number of rotatable bonds is 1. The summed E-state index contributed by atoms with van der Waals surface area (Å²) in [7, 11) is 0. The molecule has 0 bridgehead atoms. The largest absolute Gasteiger partial charge is 0.460 e. The molecule has 114 valence electrons. The van der Waals surface area contributed by atoms with Gasteiger partial charge in [0.15, 0.2) is 5.79 Å². The second-order valence-electron chi connectivity index (χ2n) is 6.26. The van der Waals surface area contributed by atoms with Crippen LogP contribution < -0.4 is 5.73 Å². The van der Waals surface area contributed by atoms with Gasteiger partial charge in [0.05, 0.1) is 12.7 Å². The maximum Gasteiger partial charge on any atom is 0.303 e. The predicted molar refractivity (Wildman–Crippen MR) is 74.7 cm³/mol. The molecule has 1 fully saturated rings. The maximum absolute atomic E-state index is 10.2. The smallest absolute Gasteiger partial charge is 0.303 e. The highest BCUT2D eigenvalue weighted by atomic mass is 16.7. The van der Waals surface area contributed by atoms with Gasteiger partial charge in [0, 0.05) is 13.0 Å². The standard InChI is InChI=1S/C8H17NO2.C6H12O2/c1-6(9)7-4-5-10-8(2,3)11-7;1-5(7)8-6(2,3)4/h6-7H,4-5,9H2,1-3H3;1-4H3/t6?,7-;/m1./s1. The molecule has 19 heavy (non-hydrogen) atoms. The lowest BCUT2D eigenvalue weighted by Gasteiger charge is -2.37. The van der Waals surface area contributed by atoms with Gasteiger partial charge in [0.2, 0.25) is 0 Å². The number of carbonyl (C=O) groups excluding carboxylic acids is 1. The highest BCUT2D eigenvalue weighted by Crippen LogP contribution is 2.22. The van der Waals surface area contributed by atoms with E-state index in [2.05, 4.69) is 0 Å². The van der Waals surface area contributed by atoms with E-state index in [1.54, 1.807) is 0 Å². The van der Waals surface area contributed by atoms with E-state index in [1.807, 2.05) is 41.5 Å². The lowest BCUT2D eigenvalue weighted by atomic mass is 10.1. The number of ether oxygens (including phenoxy) is 3. The third-order valence-electron chi connectivity index (χ3n) is 2.32. The molecular weight excluding hydrogens is 246 g/mol. The summed E-state index contributed by atoms with van der Waals surface area (Å²) in [6.45, 7) is 13.5. The number of hydrogen-bond acceptors (Lipinski definition) is 5. The van der Waals surface area contributed by atoms with Crippen molar-refractivity contribution < 1.29 is 19.0 Å². The molecule has 0 saturated carbocycles. The highest BCUT2D eigenvalue weighted by Gasteiger charge is 2.30. The number of hydrogen-bond donors (Lipinski definition) is 1. The first kappa shape index (κ1) is 18.4. The molecule has 0 aliphatic carbocycles. The Morgan fingerprint density at radius 2 is 1.95 bits per heavy atom. The zero-order chi connectivity index (χ0) is 15.3. The molecule has 0 radical (unpaired) electrons. The number of nitrogens with two attached hydrogens (primary N) is 1. The first-order valence-corrected chi connectivity index (χ1v) is 6.70. The Balaban J connectivity index is 0.000000362. The van der Waals surface area contributed by atoms with Crippen molar-refractivity contribution in [2.45, 2.75) is 78.4 Å². The fraction of sp³-hybridized carbons (Fsp3) is 0.929. The van der Waals surface area contributed by atoms with Crippen LogP contribution in [0.25, 0.3) is 0 Å². The average molecular weight is 275 g/mol. The van der Waals surface area contributed by atoms with Gasteiger partial charge < -0.3 is 19.9 Å². The zero-order valence-electron chi connectivity index (χ0n) is 13.3. The van der Waals surface area contributed by atoms with Crippen LogP contribution in [0.3, 0.4) is 0 Å².